The molecule has 2 aliphatic heterocycles. The molecule has 7 nitrogen and oxygen atoms in total. The van der Waals surface area contributed by atoms with Gasteiger partial charge >= 0.3 is 13.2 Å². The van der Waals surface area contributed by atoms with Crippen molar-refractivity contribution in [2.24, 2.45) is 0 Å². The van der Waals surface area contributed by atoms with Gasteiger partial charge < -0.3 is 19.3 Å². The SMILES string of the molecule is CC1(C)OB(c2cccc(N3CCN(C(=O)O)CC3=O)c2)OC1(C)C. The van der Waals surface area contributed by atoms with E-state index in [1.165, 1.54) is 0 Å². The Hall–Kier alpha value is -2.06. The van der Waals surface area contributed by atoms with Gasteiger partial charge in [-0.2, -0.15) is 0 Å². The summed E-state index contributed by atoms with van der Waals surface area (Å²) < 4.78 is 12.1. The fourth-order valence-corrected chi connectivity index (χ4v) is 2.93. The monoisotopic (exact) mass is 346 g/mol. The van der Waals surface area contributed by atoms with Crippen LogP contribution in [0.25, 0.3) is 0 Å². The van der Waals surface area contributed by atoms with Crippen LogP contribution in [0, 0.1) is 0 Å². The van der Waals surface area contributed by atoms with Gasteiger partial charge in [0.1, 0.15) is 6.54 Å². The zero-order valence-electron chi connectivity index (χ0n) is 15.0. The summed E-state index contributed by atoms with van der Waals surface area (Å²) in [5.74, 6) is -0.236. The number of anilines is 1. The third-order valence-corrected chi connectivity index (χ3v) is 5.20. The van der Waals surface area contributed by atoms with E-state index < -0.39 is 24.4 Å². The van der Waals surface area contributed by atoms with Gasteiger partial charge in [-0.1, -0.05) is 12.1 Å². The van der Waals surface area contributed by atoms with Gasteiger partial charge in [0.05, 0.1) is 11.2 Å². The molecule has 1 aromatic rings. The van der Waals surface area contributed by atoms with Crippen LogP contribution in [0.2, 0.25) is 0 Å². The lowest BCUT2D eigenvalue weighted by Crippen LogP contribution is -2.52. The Morgan fingerprint density at radius 2 is 1.80 bits per heavy atom. The van der Waals surface area contributed by atoms with Crippen molar-refractivity contribution in [2.75, 3.05) is 24.5 Å². The summed E-state index contributed by atoms with van der Waals surface area (Å²) in [6.45, 7) is 8.46. The second-order valence-electron chi connectivity index (χ2n) is 7.43. The molecular weight excluding hydrogens is 323 g/mol. The van der Waals surface area contributed by atoms with E-state index in [-0.39, 0.29) is 12.5 Å². The standard InChI is InChI=1S/C17H23BN2O5/c1-16(2)17(3,4)25-18(24-16)12-6-5-7-13(10-12)20-9-8-19(15(22)23)11-14(20)21/h5-7,10H,8-9,11H2,1-4H3,(H,22,23). The lowest BCUT2D eigenvalue weighted by atomic mass is 9.79. The summed E-state index contributed by atoms with van der Waals surface area (Å²) in [4.78, 5) is 26.0. The number of carbonyl (C=O) groups is 2. The Morgan fingerprint density at radius 3 is 2.36 bits per heavy atom. The highest BCUT2D eigenvalue weighted by Gasteiger charge is 2.51. The number of carbonyl (C=O) groups excluding carboxylic acids is 1. The van der Waals surface area contributed by atoms with E-state index in [2.05, 4.69) is 0 Å². The number of rotatable bonds is 2. The molecule has 0 saturated carbocycles. The van der Waals surface area contributed by atoms with Crippen LogP contribution >= 0.6 is 0 Å². The lowest BCUT2D eigenvalue weighted by molar-refractivity contribution is -0.120. The Morgan fingerprint density at radius 1 is 1.16 bits per heavy atom. The second kappa shape index (κ2) is 6.03. The van der Waals surface area contributed by atoms with Crippen LogP contribution in [0.1, 0.15) is 27.7 Å². The molecule has 0 aliphatic carbocycles. The first-order chi connectivity index (χ1) is 11.6. The van der Waals surface area contributed by atoms with Gasteiger partial charge in [-0.25, -0.2) is 4.79 Å². The Kier molecular flexibility index (Phi) is 4.29. The summed E-state index contributed by atoms with van der Waals surface area (Å²) in [5, 5.41) is 9.02. The van der Waals surface area contributed by atoms with Gasteiger partial charge in [-0.15, -0.1) is 0 Å². The number of piperazine rings is 1. The van der Waals surface area contributed by atoms with E-state index in [0.717, 1.165) is 16.1 Å². The molecular formula is C17H23BN2O5. The highest BCUT2D eigenvalue weighted by Crippen LogP contribution is 2.36. The minimum atomic E-state index is -1.07. The molecule has 8 heteroatoms. The van der Waals surface area contributed by atoms with Gasteiger partial charge in [-0.3, -0.25) is 9.69 Å². The van der Waals surface area contributed by atoms with E-state index in [1.807, 2.05) is 52.0 Å². The van der Waals surface area contributed by atoms with E-state index in [9.17, 15) is 9.59 Å². The Labute approximate surface area is 147 Å². The van der Waals surface area contributed by atoms with Gasteiger partial charge in [0.2, 0.25) is 5.91 Å². The third kappa shape index (κ3) is 3.24. The summed E-state index contributed by atoms with van der Waals surface area (Å²) in [5.41, 5.74) is 0.694. The maximum absolute atomic E-state index is 12.3. The lowest BCUT2D eigenvalue weighted by Gasteiger charge is -2.33. The van der Waals surface area contributed by atoms with Crippen LogP contribution in [-0.2, 0) is 14.1 Å². The van der Waals surface area contributed by atoms with E-state index in [4.69, 9.17) is 14.4 Å². The van der Waals surface area contributed by atoms with Crippen molar-refractivity contribution in [3.63, 3.8) is 0 Å². The molecule has 134 valence electrons. The molecule has 2 saturated heterocycles. The fourth-order valence-electron chi connectivity index (χ4n) is 2.93. The number of hydrogen-bond acceptors (Lipinski definition) is 4. The number of hydrogen-bond donors (Lipinski definition) is 1. The van der Waals surface area contributed by atoms with Gasteiger partial charge in [0.15, 0.2) is 0 Å². The highest BCUT2D eigenvalue weighted by molar-refractivity contribution is 6.62. The van der Waals surface area contributed by atoms with Crippen molar-refractivity contribution >= 4 is 30.3 Å². The highest BCUT2D eigenvalue weighted by atomic mass is 16.7. The van der Waals surface area contributed by atoms with Crippen molar-refractivity contribution in [2.45, 2.75) is 38.9 Å². The fraction of sp³-hybridized carbons (Fsp3) is 0.529. The minimum absolute atomic E-state index is 0.129. The predicted molar refractivity (Wildman–Crippen MR) is 94.1 cm³/mol. The maximum atomic E-state index is 12.3. The minimum Gasteiger partial charge on any atom is -0.465 e. The molecule has 0 radical (unpaired) electrons. The van der Waals surface area contributed by atoms with Gasteiger partial charge in [-0.05, 0) is 45.3 Å². The number of carboxylic acid groups (broad SMARTS) is 1. The number of amides is 2. The quantitative estimate of drug-likeness (QED) is 0.817. The zero-order chi connectivity index (χ0) is 18.4. The van der Waals surface area contributed by atoms with E-state index >= 15 is 0 Å². The molecule has 2 amide bonds. The molecule has 0 atom stereocenters. The van der Waals surface area contributed by atoms with Crippen molar-refractivity contribution in [3.8, 4) is 0 Å². The average Bonchev–Trinajstić information content (AvgIpc) is 2.75. The summed E-state index contributed by atoms with van der Waals surface area (Å²) in [7, 11) is -0.500. The second-order valence-corrected chi connectivity index (χ2v) is 7.43. The zero-order valence-corrected chi connectivity index (χ0v) is 15.0. The third-order valence-electron chi connectivity index (χ3n) is 5.20. The normalized spacial score (nSPS) is 22.4. The van der Waals surface area contributed by atoms with Crippen LogP contribution in [-0.4, -0.2) is 60.0 Å². The largest absolute Gasteiger partial charge is 0.494 e. The van der Waals surface area contributed by atoms with E-state index in [0.29, 0.717) is 13.1 Å². The molecule has 0 spiro atoms. The molecule has 0 bridgehead atoms. The topological polar surface area (TPSA) is 79.3 Å². The maximum Gasteiger partial charge on any atom is 0.494 e. The van der Waals surface area contributed by atoms with E-state index in [1.54, 1.807) is 4.90 Å². The Bertz CT molecular complexity index is 690. The molecule has 0 aromatic heterocycles. The summed E-state index contributed by atoms with van der Waals surface area (Å²) in [6.07, 6.45) is -1.07. The summed E-state index contributed by atoms with van der Waals surface area (Å²) in [6, 6.07) is 7.47. The van der Waals surface area contributed by atoms with Crippen molar-refractivity contribution in [1.82, 2.24) is 4.90 Å². The molecule has 0 unspecified atom stereocenters. The molecule has 2 heterocycles. The molecule has 1 N–H and O–H groups in total. The first kappa shape index (κ1) is 17.8. The first-order valence-corrected chi connectivity index (χ1v) is 8.34. The molecule has 25 heavy (non-hydrogen) atoms. The average molecular weight is 346 g/mol. The molecule has 1 aromatic carbocycles. The van der Waals surface area contributed by atoms with Crippen LogP contribution in [0.3, 0.4) is 0 Å². The van der Waals surface area contributed by atoms with Gasteiger partial charge in [0.25, 0.3) is 0 Å². The van der Waals surface area contributed by atoms with Crippen LogP contribution < -0.4 is 10.4 Å². The van der Waals surface area contributed by atoms with Crippen molar-refractivity contribution in [1.29, 1.82) is 0 Å². The Balaban J connectivity index is 1.79. The molecule has 3 rings (SSSR count). The smallest absolute Gasteiger partial charge is 0.465 e. The van der Waals surface area contributed by atoms with Crippen LogP contribution in [0.4, 0.5) is 10.5 Å². The molecule has 2 fully saturated rings. The number of nitrogens with zero attached hydrogens (tertiary/aromatic N) is 2. The predicted octanol–water partition coefficient (Wildman–Crippen LogP) is 1.31. The van der Waals surface area contributed by atoms with Crippen molar-refractivity contribution in [3.05, 3.63) is 24.3 Å². The van der Waals surface area contributed by atoms with Gasteiger partial charge in [0, 0.05) is 18.8 Å². The number of benzene rings is 1. The first-order valence-electron chi connectivity index (χ1n) is 8.34. The molecule has 2 aliphatic rings. The van der Waals surface area contributed by atoms with Crippen molar-refractivity contribution < 1.29 is 24.0 Å². The van der Waals surface area contributed by atoms with Crippen LogP contribution in [0.15, 0.2) is 24.3 Å². The summed E-state index contributed by atoms with van der Waals surface area (Å²) >= 11 is 0. The van der Waals surface area contributed by atoms with Crippen LogP contribution in [0.5, 0.6) is 0 Å².